The Morgan fingerprint density at radius 3 is 2.31 bits per heavy atom. The quantitative estimate of drug-likeness (QED) is 0.614. The molecule has 3 aromatic rings. The minimum atomic E-state index is -0.341. The van der Waals surface area contributed by atoms with Crippen LogP contribution in [-0.4, -0.2) is 25.0 Å². The number of hydrogen-bond donors (Lipinski definition) is 1. The lowest BCUT2D eigenvalue weighted by Crippen LogP contribution is -2.32. The van der Waals surface area contributed by atoms with Crippen molar-refractivity contribution in [3.8, 4) is 11.5 Å². The van der Waals surface area contributed by atoms with Gasteiger partial charge in [-0.25, -0.2) is 0 Å². The van der Waals surface area contributed by atoms with Gasteiger partial charge in [-0.3, -0.25) is 4.79 Å². The molecule has 0 saturated heterocycles. The molecule has 0 fully saturated rings. The second-order valence-corrected chi connectivity index (χ2v) is 7.17. The molecule has 1 N–H and O–H groups in total. The number of ether oxygens (including phenoxy) is 2. The maximum Gasteiger partial charge on any atom is 0.256 e. The Labute approximate surface area is 174 Å². The summed E-state index contributed by atoms with van der Waals surface area (Å²) in [5.74, 6) is 1.30. The molecular formula is C23H21ClN2O3. The van der Waals surface area contributed by atoms with E-state index in [4.69, 9.17) is 21.1 Å². The van der Waals surface area contributed by atoms with Crippen molar-refractivity contribution in [2.45, 2.75) is 12.7 Å². The van der Waals surface area contributed by atoms with Crippen molar-refractivity contribution in [3.63, 3.8) is 0 Å². The number of fused-ring (bicyclic) bond motifs is 1. The highest BCUT2D eigenvalue weighted by molar-refractivity contribution is 6.31. The fourth-order valence-electron chi connectivity index (χ4n) is 3.55. The van der Waals surface area contributed by atoms with E-state index in [1.165, 1.54) is 0 Å². The van der Waals surface area contributed by atoms with Gasteiger partial charge in [0.25, 0.3) is 5.91 Å². The van der Waals surface area contributed by atoms with Crippen molar-refractivity contribution in [3.05, 3.63) is 88.4 Å². The van der Waals surface area contributed by atoms with Crippen LogP contribution in [0.15, 0.2) is 66.7 Å². The Morgan fingerprint density at radius 2 is 1.62 bits per heavy atom. The number of rotatable bonds is 6. The van der Waals surface area contributed by atoms with Crippen LogP contribution in [0.3, 0.4) is 0 Å². The van der Waals surface area contributed by atoms with Crippen LogP contribution in [0.25, 0.3) is 0 Å². The van der Waals surface area contributed by atoms with E-state index < -0.39 is 0 Å². The molecule has 0 radical (unpaired) electrons. The van der Waals surface area contributed by atoms with Crippen LogP contribution in [0.2, 0.25) is 5.02 Å². The van der Waals surface area contributed by atoms with Gasteiger partial charge in [0.1, 0.15) is 17.7 Å². The highest BCUT2D eigenvalue weighted by atomic mass is 35.5. The third-order valence-corrected chi connectivity index (χ3v) is 5.38. The normalized spacial score (nSPS) is 15.2. The summed E-state index contributed by atoms with van der Waals surface area (Å²) in [5.41, 5.74) is 3.29. The van der Waals surface area contributed by atoms with Gasteiger partial charge in [0.15, 0.2) is 0 Å². The molecule has 0 aliphatic carbocycles. The predicted molar refractivity (Wildman–Crippen MR) is 114 cm³/mol. The minimum Gasteiger partial charge on any atom is -0.497 e. The van der Waals surface area contributed by atoms with Crippen molar-refractivity contribution >= 4 is 23.2 Å². The molecule has 0 unspecified atom stereocenters. The summed E-state index contributed by atoms with van der Waals surface area (Å²) in [6.07, 6.45) is -0.341. The summed E-state index contributed by atoms with van der Waals surface area (Å²) in [6, 6.07) is 20.8. The number of hydrogen-bond acceptors (Lipinski definition) is 4. The van der Waals surface area contributed by atoms with Crippen LogP contribution in [0.5, 0.6) is 11.5 Å². The number of amides is 1. The molecule has 148 valence electrons. The molecule has 1 amide bonds. The number of nitrogens with one attached hydrogen (secondary N) is 1. The first kappa shape index (κ1) is 19.2. The maximum absolute atomic E-state index is 13.2. The van der Waals surface area contributed by atoms with Gasteiger partial charge in [-0.05, 0) is 17.7 Å². The van der Waals surface area contributed by atoms with E-state index >= 15 is 0 Å². The molecule has 0 aromatic heterocycles. The molecule has 1 aliphatic heterocycles. The van der Waals surface area contributed by atoms with Gasteiger partial charge >= 0.3 is 0 Å². The zero-order valence-electron chi connectivity index (χ0n) is 16.2. The largest absolute Gasteiger partial charge is 0.497 e. The maximum atomic E-state index is 13.2. The molecule has 1 aliphatic rings. The minimum absolute atomic E-state index is 0.0344. The molecule has 0 spiro atoms. The lowest BCUT2D eigenvalue weighted by atomic mass is 10.1. The smallest absolute Gasteiger partial charge is 0.256 e. The van der Waals surface area contributed by atoms with E-state index in [2.05, 4.69) is 5.32 Å². The third kappa shape index (κ3) is 3.74. The molecule has 3 aromatic carbocycles. The molecule has 4 rings (SSSR count). The topological polar surface area (TPSA) is 50.8 Å². The van der Waals surface area contributed by atoms with Gasteiger partial charge in [0.05, 0.1) is 14.2 Å². The molecule has 29 heavy (non-hydrogen) atoms. The van der Waals surface area contributed by atoms with Gasteiger partial charge in [-0.2, -0.15) is 0 Å². The number of anilines is 1. The number of methoxy groups -OCH3 is 2. The summed E-state index contributed by atoms with van der Waals surface area (Å²) >= 11 is 6.36. The lowest BCUT2D eigenvalue weighted by Gasteiger charge is -2.28. The Balaban J connectivity index is 1.72. The van der Waals surface area contributed by atoms with E-state index in [1.807, 2.05) is 60.7 Å². The molecule has 5 nitrogen and oxygen atoms in total. The number of benzene rings is 3. The van der Waals surface area contributed by atoms with E-state index in [9.17, 15) is 4.79 Å². The summed E-state index contributed by atoms with van der Waals surface area (Å²) in [7, 11) is 3.22. The Bertz CT molecular complexity index is 1030. The first-order valence-electron chi connectivity index (χ1n) is 9.23. The Kier molecular flexibility index (Phi) is 5.32. The number of nitrogens with zero attached hydrogens (tertiary/aromatic N) is 1. The van der Waals surface area contributed by atoms with Crippen LogP contribution < -0.4 is 14.8 Å². The zero-order valence-corrected chi connectivity index (χ0v) is 16.9. The van der Waals surface area contributed by atoms with Crippen molar-refractivity contribution in [1.29, 1.82) is 0 Å². The fourth-order valence-corrected chi connectivity index (χ4v) is 3.74. The van der Waals surface area contributed by atoms with E-state index in [1.54, 1.807) is 25.2 Å². The van der Waals surface area contributed by atoms with Crippen LogP contribution in [0.1, 0.15) is 27.7 Å². The highest BCUT2D eigenvalue weighted by Gasteiger charge is 2.36. The number of carbonyl (C=O) groups is 1. The van der Waals surface area contributed by atoms with Crippen molar-refractivity contribution in [1.82, 2.24) is 4.90 Å². The van der Waals surface area contributed by atoms with Crippen molar-refractivity contribution < 1.29 is 14.3 Å². The van der Waals surface area contributed by atoms with Crippen molar-refractivity contribution in [2.24, 2.45) is 0 Å². The predicted octanol–water partition coefficient (Wildman–Crippen LogP) is 5.12. The Hall–Kier alpha value is -3.18. The Morgan fingerprint density at radius 1 is 0.966 bits per heavy atom. The van der Waals surface area contributed by atoms with Crippen LogP contribution in [0.4, 0.5) is 5.69 Å². The first-order chi connectivity index (χ1) is 14.1. The second-order valence-electron chi connectivity index (χ2n) is 6.76. The summed E-state index contributed by atoms with van der Waals surface area (Å²) in [6.45, 7) is 0.395. The third-order valence-electron chi connectivity index (χ3n) is 5.01. The fraction of sp³-hybridized carbons (Fsp3) is 0.174. The molecule has 1 atom stereocenters. The molecule has 6 heteroatoms. The molecule has 0 saturated carbocycles. The van der Waals surface area contributed by atoms with Gasteiger partial charge in [0, 0.05) is 46.6 Å². The number of halogens is 1. The van der Waals surface area contributed by atoms with Gasteiger partial charge < -0.3 is 19.7 Å². The average molecular weight is 409 g/mol. The van der Waals surface area contributed by atoms with Gasteiger partial charge in [-0.15, -0.1) is 0 Å². The lowest BCUT2D eigenvalue weighted by molar-refractivity contribution is 0.0729. The van der Waals surface area contributed by atoms with Crippen LogP contribution in [-0.2, 0) is 6.54 Å². The van der Waals surface area contributed by atoms with Crippen molar-refractivity contribution in [2.75, 3.05) is 19.5 Å². The van der Waals surface area contributed by atoms with E-state index in [-0.39, 0.29) is 12.1 Å². The molecular weight excluding hydrogens is 388 g/mol. The van der Waals surface area contributed by atoms with Gasteiger partial charge in [0.2, 0.25) is 0 Å². The van der Waals surface area contributed by atoms with E-state index in [0.717, 1.165) is 16.8 Å². The SMILES string of the molecule is COc1cc(N[C@@H]2c3ccccc3C(=O)N2Cc2ccccc2Cl)cc(OC)c1. The average Bonchev–Trinajstić information content (AvgIpc) is 3.01. The highest BCUT2D eigenvalue weighted by Crippen LogP contribution is 2.37. The van der Waals surface area contributed by atoms with E-state index in [0.29, 0.717) is 28.6 Å². The molecule has 0 bridgehead atoms. The summed E-state index contributed by atoms with van der Waals surface area (Å²) in [4.78, 5) is 14.9. The zero-order chi connectivity index (χ0) is 20.4. The van der Waals surface area contributed by atoms with Crippen LogP contribution >= 0.6 is 11.6 Å². The first-order valence-corrected chi connectivity index (χ1v) is 9.61. The second kappa shape index (κ2) is 8.05. The van der Waals surface area contributed by atoms with Gasteiger partial charge in [-0.1, -0.05) is 48.0 Å². The van der Waals surface area contributed by atoms with Crippen LogP contribution in [0, 0.1) is 0 Å². The monoisotopic (exact) mass is 408 g/mol. The number of carbonyl (C=O) groups excluding carboxylic acids is 1. The summed E-state index contributed by atoms with van der Waals surface area (Å²) in [5, 5.41) is 4.11. The molecule has 1 heterocycles. The standard InChI is InChI=1S/C23H21ClN2O3/c1-28-17-11-16(12-18(13-17)29-2)25-22-19-8-4-5-9-20(19)23(27)26(22)14-15-7-3-6-10-21(15)24/h3-13,22,25H,14H2,1-2H3/t22-/m0/s1. The summed E-state index contributed by atoms with van der Waals surface area (Å²) < 4.78 is 10.7.